The quantitative estimate of drug-likeness (QED) is 0.440. The lowest BCUT2D eigenvalue weighted by atomic mass is 9.98. The van der Waals surface area contributed by atoms with Gasteiger partial charge in [-0.2, -0.15) is 0 Å². The maximum absolute atomic E-state index is 11.7. The Hall–Kier alpha value is -3.77. The Morgan fingerprint density at radius 2 is 1.72 bits per heavy atom. The molecule has 0 saturated heterocycles. The highest BCUT2D eigenvalue weighted by Gasteiger charge is 2.09. The summed E-state index contributed by atoms with van der Waals surface area (Å²) >= 11 is 0. The van der Waals surface area contributed by atoms with Crippen molar-refractivity contribution in [2.24, 2.45) is 0 Å². The van der Waals surface area contributed by atoms with E-state index in [2.05, 4.69) is 55.2 Å². The SMILES string of the molecule is COC(=O)c1ccc(C#C/C=C/c2ccccc2-c2ccc(C)cc2)c(OC)c1. The molecule has 3 heteroatoms. The van der Waals surface area contributed by atoms with Crippen LogP contribution in [0, 0.1) is 18.8 Å². The van der Waals surface area contributed by atoms with E-state index in [0.29, 0.717) is 16.9 Å². The largest absolute Gasteiger partial charge is 0.495 e. The van der Waals surface area contributed by atoms with Crippen LogP contribution >= 0.6 is 0 Å². The van der Waals surface area contributed by atoms with Crippen LogP contribution in [0.5, 0.6) is 5.75 Å². The van der Waals surface area contributed by atoms with Crippen molar-refractivity contribution in [3.8, 4) is 28.7 Å². The Labute approximate surface area is 171 Å². The van der Waals surface area contributed by atoms with Gasteiger partial charge < -0.3 is 9.47 Å². The molecule has 3 aromatic carbocycles. The number of hydrogen-bond donors (Lipinski definition) is 0. The van der Waals surface area contributed by atoms with Crippen molar-refractivity contribution in [2.45, 2.75) is 6.92 Å². The van der Waals surface area contributed by atoms with Gasteiger partial charge in [0.1, 0.15) is 5.75 Å². The van der Waals surface area contributed by atoms with Gasteiger partial charge in [-0.15, -0.1) is 0 Å². The number of benzene rings is 3. The molecule has 0 N–H and O–H groups in total. The Bertz CT molecular complexity index is 1100. The van der Waals surface area contributed by atoms with Gasteiger partial charge in [0.15, 0.2) is 0 Å². The summed E-state index contributed by atoms with van der Waals surface area (Å²) < 4.78 is 10.1. The molecule has 0 aromatic heterocycles. The van der Waals surface area contributed by atoms with Gasteiger partial charge in [0.25, 0.3) is 0 Å². The number of ether oxygens (including phenoxy) is 2. The van der Waals surface area contributed by atoms with Crippen molar-refractivity contribution in [3.63, 3.8) is 0 Å². The van der Waals surface area contributed by atoms with E-state index in [1.54, 1.807) is 25.3 Å². The van der Waals surface area contributed by atoms with Crippen LogP contribution in [-0.2, 0) is 4.74 Å². The molecular formula is C26H22O3. The summed E-state index contributed by atoms with van der Waals surface area (Å²) in [5.41, 5.74) is 5.79. The van der Waals surface area contributed by atoms with Gasteiger partial charge in [-0.05, 0) is 54.0 Å². The summed E-state index contributed by atoms with van der Waals surface area (Å²) in [5, 5.41) is 0. The lowest BCUT2D eigenvalue weighted by Crippen LogP contribution is -2.02. The Balaban J connectivity index is 1.84. The average Bonchev–Trinajstić information content (AvgIpc) is 2.77. The Kier molecular flexibility index (Phi) is 6.50. The van der Waals surface area contributed by atoms with Crippen LogP contribution in [0.25, 0.3) is 17.2 Å². The number of esters is 1. The molecule has 0 radical (unpaired) electrons. The van der Waals surface area contributed by atoms with Crippen molar-refractivity contribution in [1.82, 2.24) is 0 Å². The molecule has 0 heterocycles. The third-order valence-corrected chi connectivity index (χ3v) is 4.50. The van der Waals surface area contributed by atoms with Crippen LogP contribution in [0.1, 0.15) is 27.0 Å². The molecule has 0 aliphatic heterocycles. The second-order valence-corrected chi connectivity index (χ2v) is 6.46. The number of rotatable bonds is 4. The molecule has 0 spiro atoms. The van der Waals surface area contributed by atoms with Gasteiger partial charge in [-0.1, -0.05) is 65.9 Å². The van der Waals surface area contributed by atoms with Crippen molar-refractivity contribution >= 4 is 12.0 Å². The molecule has 0 fully saturated rings. The van der Waals surface area contributed by atoms with Gasteiger partial charge in [0, 0.05) is 0 Å². The summed E-state index contributed by atoms with van der Waals surface area (Å²) in [6.07, 6.45) is 3.82. The first-order valence-electron chi connectivity index (χ1n) is 9.23. The van der Waals surface area contributed by atoms with Gasteiger partial charge in [0.05, 0.1) is 25.3 Å². The normalized spacial score (nSPS) is 10.3. The molecule has 3 nitrogen and oxygen atoms in total. The molecule has 3 aromatic rings. The molecule has 3 rings (SSSR count). The van der Waals surface area contributed by atoms with Crippen molar-refractivity contribution < 1.29 is 14.3 Å². The van der Waals surface area contributed by atoms with E-state index >= 15 is 0 Å². The van der Waals surface area contributed by atoms with E-state index in [0.717, 1.165) is 11.1 Å². The second-order valence-electron chi connectivity index (χ2n) is 6.46. The third-order valence-electron chi connectivity index (χ3n) is 4.50. The molecule has 0 aliphatic carbocycles. The fraction of sp³-hybridized carbons (Fsp3) is 0.115. The van der Waals surface area contributed by atoms with Crippen LogP contribution in [0.2, 0.25) is 0 Å². The van der Waals surface area contributed by atoms with E-state index in [-0.39, 0.29) is 0 Å². The summed E-state index contributed by atoms with van der Waals surface area (Å²) in [6, 6.07) is 21.8. The highest BCUT2D eigenvalue weighted by Crippen LogP contribution is 2.25. The number of carbonyl (C=O) groups is 1. The number of allylic oxidation sites excluding steroid dienone is 1. The monoisotopic (exact) mass is 382 g/mol. The fourth-order valence-electron chi connectivity index (χ4n) is 2.93. The van der Waals surface area contributed by atoms with Crippen LogP contribution in [0.4, 0.5) is 0 Å². The van der Waals surface area contributed by atoms with Gasteiger partial charge >= 0.3 is 5.97 Å². The molecule has 0 aliphatic rings. The van der Waals surface area contributed by atoms with E-state index in [1.807, 2.05) is 24.3 Å². The number of carbonyl (C=O) groups excluding carboxylic acids is 1. The van der Waals surface area contributed by atoms with Crippen LogP contribution < -0.4 is 4.74 Å². The zero-order chi connectivity index (χ0) is 20.6. The molecule has 29 heavy (non-hydrogen) atoms. The zero-order valence-electron chi connectivity index (χ0n) is 16.7. The lowest BCUT2D eigenvalue weighted by Gasteiger charge is -2.06. The molecule has 0 saturated carbocycles. The molecule has 0 amide bonds. The molecule has 0 unspecified atom stereocenters. The predicted octanol–water partition coefficient (Wildman–Crippen LogP) is 5.52. The lowest BCUT2D eigenvalue weighted by molar-refractivity contribution is 0.0600. The van der Waals surface area contributed by atoms with Crippen LogP contribution in [0.3, 0.4) is 0 Å². The summed E-state index contributed by atoms with van der Waals surface area (Å²) in [5.74, 6) is 6.25. The second kappa shape index (κ2) is 9.43. The summed E-state index contributed by atoms with van der Waals surface area (Å²) in [4.78, 5) is 11.7. The predicted molar refractivity (Wildman–Crippen MR) is 117 cm³/mol. The highest BCUT2D eigenvalue weighted by atomic mass is 16.5. The number of hydrogen-bond acceptors (Lipinski definition) is 3. The van der Waals surface area contributed by atoms with Crippen LogP contribution in [0.15, 0.2) is 72.8 Å². The first kappa shape index (κ1) is 20.0. The maximum atomic E-state index is 11.7. The minimum atomic E-state index is -0.407. The smallest absolute Gasteiger partial charge is 0.337 e. The highest BCUT2D eigenvalue weighted by molar-refractivity contribution is 5.90. The molecule has 0 bridgehead atoms. The Morgan fingerprint density at radius 1 is 0.966 bits per heavy atom. The van der Waals surface area contributed by atoms with Gasteiger partial charge in [0.2, 0.25) is 0 Å². The first-order valence-corrected chi connectivity index (χ1v) is 9.23. The fourth-order valence-corrected chi connectivity index (χ4v) is 2.93. The minimum absolute atomic E-state index is 0.407. The van der Waals surface area contributed by atoms with Gasteiger partial charge in [-0.3, -0.25) is 0 Å². The van der Waals surface area contributed by atoms with E-state index in [4.69, 9.17) is 9.47 Å². The number of aryl methyl sites for hydroxylation is 1. The van der Waals surface area contributed by atoms with E-state index in [9.17, 15) is 4.79 Å². The summed E-state index contributed by atoms with van der Waals surface area (Å²) in [7, 11) is 2.90. The van der Waals surface area contributed by atoms with E-state index in [1.165, 1.54) is 18.2 Å². The summed E-state index contributed by atoms with van der Waals surface area (Å²) in [6.45, 7) is 2.08. The van der Waals surface area contributed by atoms with Crippen molar-refractivity contribution in [2.75, 3.05) is 14.2 Å². The van der Waals surface area contributed by atoms with Crippen molar-refractivity contribution in [1.29, 1.82) is 0 Å². The van der Waals surface area contributed by atoms with Crippen LogP contribution in [-0.4, -0.2) is 20.2 Å². The minimum Gasteiger partial charge on any atom is -0.495 e. The third kappa shape index (κ3) is 4.94. The van der Waals surface area contributed by atoms with Crippen molar-refractivity contribution in [3.05, 3.63) is 95.1 Å². The average molecular weight is 382 g/mol. The Morgan fingerprint density at radius 3 is 2.45 bits per heavy atom. The standard InChI is InChI=1S/C26H22O3/c1-19-12-14-21(15-13-19)24-11-7-6-9-20(24)8-4-5-10-22-16-17-23(26(27)29-3)18-25(22)28-2/h4,6-9,11-18H,1-3H3/b8-4+. The maximum Gasteiger partial charge on any atom is 0.337 e. The number of methoxy groups -OCH3 is 2. The van der Waals surface area contributed by atoms with Gasteiger partial charge in [-0.25, -0.2) is 4.79 Å². The van der Waals surface area contributed by atoms with E-state index < -0.39 is 5.97 Å². The first-order chi connectivity index (χ1) is 14.1. The molecular weight excluding hydrogens is 360 g/mol. The molecule has 0 atom stereocenters. The topological polar surface area (TPSA) is 35.5 Å². The zero-order valence-corrected chi connectivity index (χ0v) is 16.7. The molecule has 144 valence electrons.